The predicted octanol–water partition coefficient (Wildman–Crippen LogP) is 3.12. The summed E-state index contributed by atoms with van der Waals surface area (Å²) in [4.78, 5) is 14.2. The first-order chi connectivity index (χ1) is 9.33. The normalized spacial score (nSPS) is 11.4. The Hall–Kier alpha value is -1.35. The zero-order chi connectivity index (χ0) is 15.2. The van der Waals surface area contributed by atoms with Crippen molar-refractivity contribution in [1.29, 1.82) is 0 Å². The lowest BCUT2D eigenvalue weighted by molar-refractivity contribution is -0.131. The summed E-state index contributed by atoms with van der Waals surface area (Å²) in [6.07, 6.45) is 0.553. The van der Waals surface area contributed by atoms with Gasteiger partial charge in [0.05, 0.1) is 0 Å². The van der Waals surface area contributed by atoms with Crippen LogP contribution in [0.5, 0.6) is 0 Å². The first-order valence-corrected chi connectivity index (χ1v) is 7.41. The molecule has 1 rings (SSSR count). The van der Waals surface area contributed by atoms with Crippen molar-refractivity contribution in [2.45, 2.75) is 53.1 Å². The molecule has 0 saturated heterocycles. The summed E-state index contributed by atoms with van der Waals surface area (Å²) in [6, 6.07) is 8.25. The minimum atomic E-state index is 0.0628. The second-order valence-corrected chi connectivity index (χ2v) is 6.26. The maximum absolute atomic E-state index is 12.3. The number of carbonyl (C=O) groups excluding carboxylic acids is 1. The van der Waals surface area contributed by atoms with E-state index < -0.39 is 0 Å². The number of amides is 1. The molecule has 20 heavy (non-hydrogen) atoms. The van der Waals surface area contributed by atoms with Crippen molar-refractivity contribution in [3.8, 4) is 0 Å². The summed E-state index contributed by atoms with van der Waals surface area (Å²) in [5.74, 6) is 0.215. The van der Waals surface area contributed by atoms with E-state index in [2.05, 4.69) is 45.1 Å². The van der Waals surface area contributed by atoms with Crippen molar-refractivity contribution >= 4 is 5.91 Å². The average molecular weight is 276 g/mol. The van der Waals surface area contributed by atoms with Gasteiger partial charge in [0.1, 0.15) is 0 Å². The van der Waals surface area contributed by atoms with Crippen molar-refractivity contribution in [3.05, 3.63) is 35.4 Å². The fraction of sp³-hybridized carbons (Fsp3) is 0.588. The largest absolute Gasteiger partial charge is 0.339 e. The van der Waals surface area contributed by atoms with Crippen LogP contribution in [0.15, 0.2) is 24.3 Å². The third-order valence-electron chi connectivity index (χ3n) is 3.35. The number of hydrogen-bond donors (Lipinski definition) is 1. The highest BCUT2D eigenvalue weighted by Crippen LogP contribution is 2.11. The second kappa shape index (κ2) is 7.44. The van der Waals surface area contributed by atoms with Crippen LogP contribution in [0.3, 0.4) is 0 Å². The predicted molar refractivity (Wildman–Crippen MR) is 84.6 cm³/mol. The number of benzene rings is 1. The minimum absolute atomic E-state index is 0.0628. The van der Waals surface area contributed by atoms with Gasteiger partial charge in [-0.2, -0.15) is 0 Å². The van der Waals surface area contributed by atoms with E-state index in [-0.39, 0.29) is 11.4 Å². The lowest BCUT2D eigenvalue weighted by Crippen LogP contribution is -2.39. The molecule has 0 fully saturated rings. The van der Waals surface area contributed by atoms with E-state index in [0.29, 0.717) is 13.0 Å². The zero-order valence-corrected chi connectivity index (χ0v) is 13.5. The lowest BCUT2D eigenvalue weighted by atomic mass is 10.1. The molecule has 0 atom stereocenters. The van der Waals surface area contributed by atoms with Gasteiger partial charge in [0.15, 0.2) is 0 Å². The first kappa shape index (κ1) is 16.7. The fourth-order valence-electron chi connectivity index (χ4n) is 2.07. The van der Waals surface area contributed by atoms with Crippen LogP contribution in [0, 0.1) is 6.92 Å². The van der Waals surface area contributed by atoms with Crippen LogP contribution >= 0.6 is 0 Å². The molecule has 1 N–H and O–H groups in total. The van der Waals surface area contributed by atoms with Crippen LogP contribution in [0.25, 0.3) is 0 Å². The van der Waals surface area contributed by atoms with E-state index in [4.69, 9.17) is 0 Å². The number of rotatable bonds is 6. The van der Waals surface area contributed by atoms with E-state index in [1.54, 1.807) is 0 Å². The number of hydrogen-bond acceptors (Lipinski definition) is 2. The van der Waals surface area contributed by atoms with E-state index in [9.17, 15) is 4.79 Å². The van der Waals surface area contributed by atoms with Crippen molar-refractivity contribution in [1.82, 2.24) is 10.2 Å². The number of nitrogens with zero attached hydrogens (tertiary/aromatic N) is 1. The molecule has 0 unspecified atom stereocenters. The average Bonchev–Trinajstić information content (AvgIpc) is 2.36. The van der Waals surface area contributed by atoms with Crippen LogP contribution in [-0.2, 0) is 11.3 Å². The summed E-state index contributed by atoms with van der Waals surface area (Å²) in [7, 11) is 0. The Labute approximate surface area is 123 Å². The molecular formula is C17H28N2O. The summed E-state index contributed by atoms with van der Waals surface area (Å²) >= 11 is 0. The lowest BCUT2D eigenvalue weighted by Gasteiger charge is -2.24. The third kappa shape index (κ3) is 5.74. The first-order valence-electron chi connectivity index (χ1n) is 7.41. The smallest absolute Gasteiger partial charge is 0.224 e. The molecular weight excluding hydrogens is 248 g/mol. The minimum Gasteiger partial charge on any atom is -0.339 e. The molecule has 0 spiro atoms. The van der Waals surface area contributed by atoms with Crippen LogP contribution in [0.2, 0.25) is 0 Å². The standard InChI is InChI=1S/C17H28N2O/c1-6-19(13-15-10-8-7-9-14(15)2)16(20)11-12-18-17(3,4)5/h7-10,18H,6,11-13H2,1-5H3. The molecule has 0 bridgehead atoms. The second-order valence-electron chi connectivity index (χ2n) is 6.26. The molecule has 0 radical (unpaired) electrons. The van der Waals surface area contributed by atoms with Gasteiger partial charge in [-0.1, -0.05) is 24.3 Å². The molecule has 0 aliphatic rings. The Kier molecular flexibility index (Phi) is 6.21. The molecule has 0 aromatic heterocycles. The summed E-state index contributed by atoms with van der Waals surface area (Å²) in [6.45, 7) is 12.7. The number of carbonyl (C=O) groups is 1. The molecule has 1 aromatic carbocycles. The maximum atomic E-state index is 12.3. The fourth-order valence-corrected chi connectivity index (χ4v) is 2.07. The molecule has 0 saturated carbocycles. The summed E-state index contributed by atoms with van der Waals surface area (Å²) < 4.78 is 0. The molecule has 0 aliphatic heterocycles. The van der Waals surface area contributed by atoms with Crippen molar-refractivity contribution < 1.29 is 4.79 Å². The van der Waals surface area contributed by atoms with Gasteiger partial charge < -0.3 is 10.2 Å². The maximum Gasteiger partial charge on any atom is 0.224 e. The molecule has 112 valence electrons. The Balaban J connectivity index is 2.54. The highest BCUT2D eigenvalue weighted by atomic mass is 16.2. The van der Waals surface area contributed by atoms with Gasteiger partial charge in [0.2, 0.25) is 5.91 Å². The Bertz CT molecular complexity index is 435. The van der Waals surface area contributed by atoms with Crippen LogP contribution < -0.4 is 5.32 Å². The van der Waals surface area contributed by atoms with Gasteiger partial charge in [0.25, 0.3) is 0 Å². The third-order valence-corrected chi connectivity index (χ3v) is 3.35. The SMILES string of the molecule is CCN(Cc1ccccc1C)C(=O)CCNC(C)(C)C. The molecule has 0 aliphatic carbocycles. The van der Waals surface area contributed by atoms with Crippen molar-refractivity contribution in [2.24, 2.45) is 0 Å². The molecule has 3 heteroatoms. The van der Waals surface area contributed by atoms with Gasteiger partial charge in [-0.3, -0.25) is 4.79 Å². The van der Waals surface area contributed by atoms with Gasteiger partial charge in [-0.15, -0.1) is 0 Å². The van der Waals surface area contributed by atoms with Gasteiger partial charge in [-0.25, -0.2) is 0 Å². The monoisotopic (exact) mass is 276 g/mol. The van der Waals surface area contributed by atoms with Crippen LogP contribution in [-0.4, -0.2) is 29.4 Å². The quantitative estimate of drug-likeness (QED) is 0.866. The van der Waals surface area contributed by atoms with Crippen molar-refractivity contribution in [3.63, 3.8) is 0 Å². The molecule has 1 amide bonds. The van der Waals surface area contributed by atoms with E-state index in [0.717, 1.165) is 13.1 Å². The Morgan fingerprint density at radius 3 is 2.45 bits per heavy atom. The van der Waals surface area contributed by atoms with Gasteiger partial charge in [0, 0.05) is 31.6 Å². The summed E-state index contributed by atoms with van der Waals surface area (Å²) in [5.41, 5.74) is 2.53. The van der Waals surface area contributed by atoms with Crippen LogP contribution in [0.4, 0.5) is 0 Å². The number of nitrogens with one attached hydrogen (secondary N) is 1. The molecule has 3 nitrogen and oxygen atoms in total. The zero-order valence-electron chi connectivity index (χ0n) is 13.5. The van der Waals surface area contributed by atoms with Crippen LogP contribution in [0.1, 0.15) is 45.2 Å². The Morgan fingerprint density at radius 1 is 1.25 bits per heavy atom. The topological polar surface area (TPSA) is 32.3 Å². The highest BCUT2D eigenvalue weighted by molar-refractivity contribution is 5.76. The highest BCUT2D eigenvalue weighted by Gasteiger charge is 2.14. The van der Waals surface area contributed by atoms with Gasteiger partial charge in [-0.05, 0) is 45.7 Å². The molecule has 1 aromatic rings. The van der Waals surface area contributed by atoms with E-state index in [1.165, 1.54) is 11.1 Å². The summed E-state index contributed by atoms with van der Waals surface area (Å²) in [5, 5.41) is 3.36. The van der Waals surface area contributed by atoms with Gasteiger partial charge >= 0.3 is 0 Å². The Morgan fingerprint density at radius 2 is 1.90 bits per heavy atom. The van der Waals surface area contributed by atoms with E-state index in [1.807, 2.05) is 24.0 Å². The van der Waals surface area contributed by atoms with Crippen molar-refractivity contribution in [2.75, 3.05) is 13.1 Å². The van der Waals surface area contributed by atoms with E-state index >= 15 is 0 Å². The molecule has 0 heterocycles. The number of aryl methyl sites for hydroxylation is 1.